The fraction of sp³-hybridized carbons (Fsp3) is 0.356. The number of para-hydroxylation sites is 2. The highest BCUT2D eigenvalue weighted by molar-refractivity contribution is 6.31. The first-order valence-electron chi connectivity index (χ1n) is 20.8. The van der Waals surface area contributed by atoms with Crippen LogP contribution in [-0.4, -0.2) is 102 Å². The third-order valence-corrected chi connectivity index (χ3v) is 10.5. The average Bonchev–Trinajstić information content (AvgIpc) is 3.22. The zero-order chi connectivity index (χ0) is 48.2. The van der Waals surface area contributed by atoms with Crippen LogP contribution in [0.15, 0.2) is 48.5 Å². The highest BCUT2D eigenvalue weighted by Crippen LogP contribution is 2.41. The van der Waals surface area contributed by atoms with Crippen molar-refractivity contribution in [2.24, 2.45) is 5.41 Å². The van der Waals surface area contributed by atoms with Crippen molar-refractivity contribution in [3.05, 3.63) is 105 Å². The van der Waals surface area contributed by atoms with Crippen molar-refractivity contribution in [1.29, 1.82) is 0 Å². The van der Waals surface area contributed by atoms with Crippen molar-refractivity contribution in [3.8, 4) is 11.3 Å². The largest absolute Gasteiger partial charge is 0.353 e. The lowest BCUT2D eigenvalue weighted by atomic mass is 9.86. The predicted molar refractivity (Wildman–Crippen MR) is 243 cm³/mol. The number of halogens is 6. The van der Waals surface area contributed by atoms with Gasteiger partial charge >= 0.3 is 12.1 Å². The summed E-state index contributed by atoms with van der Waals surface area (Å²) in [7, 11) is 7.60. The Morgan fingerprint density at radius 1 is 0.712 bits per heavy atom. The van der Waals surface area contributed by atoms with Gasteiger partial charge in [-0.05, 0) is 82.5 Å². The number of nitrogens with zero attached hydrogens (tertiary/aromatic N) is 8. The van der Waals surface area contributed by atoms with Gasteiger partial charge in [0.25, 0.3) is 0 Å². The summed E-state index contributed by atoms with van der Waals surface area (Å²) in [6, 6.07) is 7.94. The molecule has 350 valence electrons. The van der Waals surface area contributed by atoms with E-state index >= 15 is 4.39 Å². The molecule has 4 heterocycles. The number of carbonyl (C=O) groups is 3. The normalized spacial score (nSPS) is 13.5. The summed E-state index contributed by atoms with van der Waals surface area (Å²) in [5.41, 5.74) is 0.243. The molecule has 4 N–H and O–H groups in total. The van der Waals surface area contributed by atoms with E-state index < -0.39 is 52.5 Å². The third kappa shape index (κ3) is 11.1. The number of aromatic nitrogens is 4. The van der Waals surface area contributed by atoms with Crippen molar-refractivity contribution in [2.45, 2.75) is 47.2 Å². The second kappa shape index (κ2) is 20.3. The molecule has 2 aromatic heterocycles. The van der Waals surface area contributed by atoms with Crippen LogP contribution in [0, 0.1) is 41.4 Å². The number of benzene rings is 3. The monoisotopic (exact) mass is 936 g/mol. The van der Waals surface area contributed by atoms with Gasteiger partial charge in [-0.1, -0.05) is 44.5 Å². The van der Waals surface area contributed by atoms with Crippen molar-refractivity contribution in [1.82, 2.24) is 40.4 Å². The lowest BCUT2D eigenvalue weighted by Gasteiger charge is -2.31. The Bertz CT molecular complexity index is 2620. The van der Waals surface area contributed by atoms with E-state index in [1.807, 2.05) is 58.8 Å². The Morgan fingerprint density at radius 3 is 1.64 bits per heavy atom. The smallest absolute Gasteiger partial charge is 0.328 e. The molecule has 15 nitrogen and oxygen atoms in total. The number of likely N-dealkylation sites (N-methyl/N-ethyl adjacent to an activating group) is 2. The van der Waals surface area contributed by atoms with Gasteiger partial charge in [-0.15, -0.1) is 0 Å². The molecule has 3 aromatic carbocycles. The van der Waals surface area contributed by atoms with Crippen LogP contribution in [0.3, 0.4) is 0 Å². The summed E-state index contributed by atoms with van der Waals surface area (Å²) < 4.78 is 73.5. The Morgan fingerprint density at radius 2 is 1.17 bits per heavy atom. The summed E-state index contributed by atoms with van der Waals surface area (Å²) >= 11 is 6.20. The predicted octanol–water partition coefficient (Wildman–Crippen LogP) is 8.57. The molecular weight excluding hydrogens is 887 g/mol. The molecular formula is C45H50ClF5N12O3. The number of urea groups is 2. The molecule has 0 atom stereocenters. The number of nitrogens with one attached hydrogen (secondary N) is 4. The second-order valence-electron chi connectivity index (χ2n) is 17.2. The van der Waals surface area contributed by atoms with E-state index in [4.69, 9.17) is 11.6 Å². The van der Waals surface area contributed by atoms with Crippen LogP contribution in [0.5, 0.6) is 0 Å². The number of amides is 4. The molecule has 0 radical (unpaired) electrons. The highest BCUT2D eigenvalue weighted by Gasteiger charge is 2.36. The number of Topliss-reactive ketones (excluding diaryl/α,β-unsaturated/α-hetero) is 1. The molecule has 21 heteroatoms. The Kier molecular flexibility index (Phi) is 15.1. The quantitative estimate of drug-likeness (QED) is 0.0508. The van der Waals surface area contributed by atoms with E-state index in [1.54, 1.807) is 13.0 Å². The van der Waals surface area contributed by atoms with E-state index in [-0.39, 0.29) is 76.2 Å². The van der Waals surface area contributed by atoms with Gasteiger partial charge in [-0.3, -0.25) is 4.79 Å². The molecule has 2 aliphatic heterocycles. The van der Waals surface area contributed by atoms with Crippen LogP contribution < -0.4 is 31.1 Å². The van der Waals surface area contributed by atoms with Gasteiger partial charge < -0.3 is 31.1 Å². The summed E-state index contributed by atoms with van der Waals surface area (Å²) in [4.78, 5) is 61.5. The number of ketones is 1. The molecule has 0 aliphatic carbocycles. The van der Waals surface area contributed by atoms with Crippen molar-refractivity contribution < 1.29 is 36.3 Å². The molecule has 66 heavy (non-hydrogen) atoms. The van der Waals surface area contributed by atoms with Crippen LogP contribution in [0.25, 0.3) is 11.3 Å². The van der Waals surface area contributed by atoms with Gasteiger partial charge in [-0.25, -0.2) is 51.3 Å². The number of fused-ring (bicyclic) bond motifs is 2. The summed E-state index contributed by atoms with van der Waals surface area (Å²) in [5, 5.41) is 11.3. The molecule has 0 saturated carbocycles. The average molecular weight is 937 g/mol. The molecule has 4 amide bonds. The van der Waals surface area contributed by atoms with Crippen LogP contribution >= 0.6 is 11.6 Å². The van der Waals surface area contributed by atoms with Gasteiger partial charge in [0, 0.05) is 49.3 Å². The Hall–Kier alpha value is -6.51. The van der Waals surface area contributed by atoms with Gasteiger partial charge in [0.2, 0.25) is 11.9 Å². The van der Waals surface area contributed by atoms with Crippen LogP contribution in [0.4, 0.5) is 66.4 Å². The number of hydrogen-bond donors (Lipinski definition) is 4. The minimum atomic E-state index is -0.956. The zero-order valence-corrected chi connectivity index (χ0v) is 38.4. The van der Waals surface area contributed by atoms with Gasteiger partial charge in [0.15, 0.2) is 17.4 Å². The van der Waals surface area contributed by atoms with Crippen molar-refractivity contribution in [2.75, 3.05) is 74.8 Å². The van der Waals surface area contributed by atoms with Crippen LogP contribution in [0.1, 0.15) is 54.2 Å². The molecule has 0 bridgehead atoms. The molecule has 2 aliphatic rings. The SMILES string of the molecule is CN(C)CCNc1nc(Cl)c2c(n1)N(c1c(F)cccc1F)C(=O)NC2.Cc1c(F)cc(C(=O)CC(C)(C)C)cc1-c1nc(NCCN(C)C)nc2c1CNC(=O)N2c1c(F)cccc1F. The fourth-order valence-corrected chi connectivity index (χ4v) is 7.17. The summed E-state index contributed by atoms with van der Waals surface area (Å²) in [6.45, 7) is 9.59. The fourth-order valence-electron chi connectivity index (χ4n) is 6.93. The first-order chi connectivity index (χ1) is 31.1. The third-order valence-electron chi connectivity index (χ3n) is 10.2. The topological polar surface area (TPSA) is 164 Å². The first kappa shape index (κ1) is 48.9. The zero-order valence-electron chi connectivity index (χ0n) is 37.6. The number of rotatable bonds is 13. The van der Waals surface area contributed by atoms with Gasteiger partial charge in [0.05, 0.1) is 24.3 Å². The minimum Gasteiger partial charge on any atom is -0.353 e. The highest BCUT2D eigenvalue weighted by atomic mass is 35.5. The maximum absolute atomic E-state index is 15.3. The molecule has 0 saturated heterocycles. The number of anilines is 6. The lowest BCUT2D eigenvalue weighted by Crippen LogP contribution is -2.43. The van der Waals surface area contributed by atoms with Gasteiger partial charge in [0.1, 0.15) is 45.6 Å². The second-order valence-corrected chi connectivity index (χ2v) is 17.6. The summed E-state index contributed by atoms with van der Waals surface area (Å²) in [6.07, 6.45) is 0.199. The van der Waals surface area contributed by atoms with E-state index in [2.05, 4.69) is 41.2 Å². The Labute approximate surface area is 383 Å². The standard InChI is InChI=1S/C29H33F3N6O2.C16H17ClF2N6O/c1-16-18(12-17(13-22(16)32)23(39)14-29(2,3)4)24-19-15-34-28(40)38(25-20(30)8-7-9-21(25)31)26(19)36-27(35-24)33-10-11-37(5)6;1-24(2)7-6-20-15-22-13(17)9-8-21-16(26)25(14(9)23-15)12-10(18)4-3-5-11(12)19/h7-9,12-13H,10-11,14-15H2,1-6H3,(H,34,40)(H,33,35,36);3-5H,6-8H2,1-2H3,(H,21,26)(H,20,22,23). The van der Waals surface area contributed by atoms with E-state index in [0.29, 0.717) is 42.9 Å². The first-order valence-corrected chi connectivity index (χ1v) is 21.1. The van der Waals surface area contributed by atoms with Gasteiger partial charge in [-0.2, -0.15) is 9.97 Å². The maximum atomic E-state index is 15.3. The molecule has 5 aromatic rings. The van der Waals surface area contributed by atoms with E-state index in [1.165, 1.54) is 18.2 Å². The van der Waals surface area contributed by atoms with E-state index in [0.717, 1.165) is 34.1 Å². The van der Waals surface area contributed by atoms with Crippen LogP contribution in [-0.2, 0) is 13.1 Å². The number of carbonyl (C=O) groups excluding carboxylic acids is 3. The summed E-state index contributed by atoms with van der Waals surface area (Å²) in [5.74, 6) is -4.25. The molecule has 7 rings (SSSR count). The molecule has 0 fully saturated rings. The van der Waals surface area contributed by atoms with Crippen molar-refractivity contribution in [3.63, 3.8) is 0 Å². The van der Waals surface area contributed by atoms with E-state index in [9.17, 15) is 31.9 Å². The van der Waals surface area contributed by atoms with Crippen LogP contribution in [0.2, 0.25) is 5.15 Å². The maximum Gasteiger partial charge on any atom is 0.328 e. The Balaban J connectivity index is 0.000000239. The lowest BCUT2D eigenvalue weighted by molar-refractivity contribution is 0.0939. The van der Waals surface area contributed by atoms with Crippen molar-refractivity contribution >= 4 is 64.4 Å². The number of hydrogen-bond acceptors (Lipinski definition) is 11. The minimum absolute atomic E-state index is 0.0451. The molecule has 0 unspecified atom stereocenters. The molecule has 0 spiro atoms.